The third-order valence-electron chi connectivity index (χ3n) is 3.76. The van der Waals surface area contributed by atoms with Crippen molar-refractivity contribution in [2.45, 2.75) is 48.2 Å². The summed E-state index contributed by atoms with van der Waals surface area (Å²) in [5.74, 6) is 0.358. The van der Waals surface area contributed by atoms with Gasteiger partial charge in [0.2, 0.25) is 0 Å². The van der Waals surface area contributed by atoms with E-state index in [4.69, 9.17) is 0 Å². The Kier molecular flexibility index (Phi) is 2.55. The van der Waals surface area contributed by atoms with Crippen LogP contribution in [0.4, 0.5) is 0 Å². The van der Waals surface area contributed by atoms with E-state index in [1.54, 1.807) is 0 Å². The summed E-state index contributed by atoms with van der Waals surface area (Å²) in [5, 5.41) is 0. The molecule has 0 bridgehead atoms. The number of carbonyl (C=O) groups excluding carboxylic acids is 1. The molecule has 1 aliphatic heterocycles. The van der Waals surface area contributed by atoms with Crippen molar-refractivity contribution in [1.82, 2.24) is 0 Å². The molecule has 0 unspecified atom stereocenters. The monoisotopic (exact) mass is 232 g/mol. The van der Waals surface area contributed by atoms with E-state index in [1.165, 1.54) is 37.0 Å². The van der Waals surface area contributed by atoms with Gasteiger partial charge in [-0.1, -0.05) is 37.5 Å². The van der Waals surface area contributed by atoms with Gasteiger partial charge < -0.3 is 0 Å². The molecule has 0 aromatic heterocycles. The van der Waals surface area contributed by atoms with Crippen LogP contribution in [0.1, 0.15) is 48.9 Å². The van der Waals surface area contributed by atoms with Gasteiger partial charge in [0, 0.05) is 21.6 Å². The number of rotatable bonds is 0. The number of ketones is 1. The molecule has 1 nitrogen and oxygen atoms in total. The fraction of sp³-hybridized carbons (Fsp3) is 0.500. The summed E-state index contributed by atoms with van der Waals surface area (Å²) in [4.78, 5) is 13.4. The molecular weight excluding hydrogens is 216 g/mol. The Bertz CT molecular complexity index is 418. The molecule has 0 amide bonds. The van der Waals surface area contributed by atoms with Crippen molar-refractivity contribution in [3.63, 3.8) is 0 Å². The summed E-state index contributed by atoms with van der Waals surface area (Å²) >= 11 is 1.96. The number of fused-ring (bicyclic) bond motifs is 1. The fourth-order valence-electron chi connectivity index (χ4n) is 2.92. The fourth-order valence-corrected chi connectivity index (χ4v) is 4.52. The standard InChI is InChI=1S/C14H16OS/c15-12-10-14(8-4-1-5-9-14)16-13-7-3-2-6-11(12)13/h2-3,6-7H,1,4-5,8-10H2. The number of hydrogen-bond donors (Lipinski definition) is 0. The Hall–Kier alpha value is -0.760. The van der Waals surface area contributed by atoms with Crippen LogP contribution >= 0.6 is 11.8 Å². The van der Waals surface area contributed by atoms with E-state index < -0.39 is 0 Å². The van der Waals surface area contributed by atoms with Gasteiger partial charge in [-0.2, -0.15) is 0 Å². The number of carbonyl (C=O) groups is 1. The Morgan fingerprint density at radius 2 is 1.81 bits per heavy atom. The zero-order chi connectivity index (χ0) is 11.0. The predicted octanol–water partition coefficient (Wildman–Crippen LogP) is 4.07. The Labute approximate surface area is 101 Å². The lowest BCUT2D eigenvalue weighted by molar-refractivity contribution is 0.0953. The average Bonchev–Trinajstić information content (AvgIpc) is 2.30. The van der Waals surface area contributed by atoms with Crippen LogP contribution in [0.3, 0.4) is 0 Å². The average molecular weight is 232 g/mol. The molecule has 1 aromatic carbocycles. The molecule has 0 atom stereocenters. The van der Waals surface area contributed by atoms with E-state index in [-0.39, 0.29) is 4.75 Å². The minimum Gasteiger partial charge on any atom is -0.294 e. The summed E-state index contributed by atoms with van der Waals surface area (Å²) in [6, 6.07) is 8.09. The van der Waals surface area contributed by atoms with E-state index >= 15 is 0 Å². The molecule has 16 heavy (non-hydrogen) atoms. The first-order valence-corrected chi connectivity index (χ1v) is 6.92. The lowest BCUT2D eigenvalue weighted by Gasteiger charge is -2.39. The largest absolute Gasteiger partial charge is 0.294 e. The van der Waals surface area contributed by atoms with Crippen LogP contribution in [0.25, 0.3) is 0 Å². The second-order valence-electron chi connectivity index (χ2n) is 4.94. The van der Waals surface area contributed by atoms with Crippen molar-refractivity contribution in [3.05, 3.63) is 29.8 Å². The molecule has 2 heteroatoms. The van der Waals surface area contributed by atoms with Crippen molar-refractivity contribution in [2.24, 2.45) is 0 Å². The first-order chi connectivity index (χ1) is 7.79. The summed E-state index contributed by atoms with van der Waals surface area (Å²) in [5.41, 5.74) is 0.948. The van der Waals surface area contributed by atoms with Crippen molar-refractivity contribution >= 4 is 17.5 Å². The smallest absolute Gasteiger partial charge is 0.165 e. The minimum absolute atomic E-state index is 0.240. The number of thioether (sulfide) groups is 1. The maximum Gasteiger partial charge on any atom is 0.165 e. The summed E-state index contributed by atoms with van der Waals surface area (Å²) < 4.78 is 0.240. The third kappa shape index (κ3) is 1.69. The van der Waals surface area contributed by atoms with Gasteiger partial charge >= 0.3 is 0 Å². The van der Waals surface area contributed by atoms with Gasteiger partial charge in [0.25, 0.3) is 0 Å². The normalized spacial score (nSPS) is 23.1. The second-order valence-corrected chi connectivity index (χ2v) is 6.45. The Morgan fingerprint density at radius 3 is 2.62 bits per heavy atom. The van der Waals surface area contributed by atoms with E-state index in [0.29, 0.717) is 5.78 Å². The highest BCUT2D eigenvalue weighted by Crippen LogP contribution is 2.50. The summed E-state index contributed by atoms with van der Waals surface area (Å²) in [6.07, 6.45) is 7.13. The highest BCUT2D eigenvalue weighted by atomic mass is 32.2. The molecule has 1 spiro atoms. The second kappa shape index (κ2) is 3.92. The van der Waals surface area contributed by atoms with Gasteiger partial charge in [-0.05, 0) is 18.9 Å². The SMILES string of the molecule is O=C1CC2(CCCCC2)Sc2ccccc21. The molecular formula is C14H16OS. The van der Waals surface area contributed by atoms with Crippen LogP contribution in [-0.2, 0) is 0 Å². The topological polar surface area (TPSA) is 17.1 Å². The molecule has 0 saturated heterocycles. The third-order valence-corrected chi connectivity index (χ3v) is 5.32. The lowest BCUT2D eigenvalue weighted by Crippen LogP contribution is -2.34. The first-order valence-electron chi connectivity index (χ1n) is 6.10. The van der Waals surface area contributed by atoms with E-state index in [0.717, 1.165) is 12.0 Å². The van der Waals surface area contributed by atoms with Crippen molar-refractivity contribution in [3.8, 4) is 0 Å². The van der Waals surface area contributed by atoms with Crippen LogP contribution in [0.2, 0.25) is 0 Å². The quantitative estimate of drug-likeness (QED) is 0.670. The van der Waals surface area contributed by atoms with Gasteiger partial charge in [0.05, 0.1) is 0 Å². The predicted molar refractivity (Wildman–Crippen MR) is 67.1 cm³/mol. The zero-order valence-corrected chi connectivity index (χ0v) is 10.2. The minimum atomic E-state index is 0.240. The zero-order valence-electron chi connectivity index (χ0n) is 9.37. The number of hydrogen-bond acceptors (Lipinski definition) is 2. The van der Waals surface area contributed by atoms with Gasteiger partial charge in [0.15, 0.2) is 5.78 Å². The molecule has 84 valence electrons. The van der Waals surface area contributed by atoms with Crippen LogP contribution in [0.5, 0.6) is 0 Å². The van der Waals surface area contributed by atoms with E-state index in [1.807, 2.05) is 30.0 Å². The molecule has 1 heterocycles. The van der Waals surface area contributed by atoms with Gasteiger partial charge in [-0.15, -0.1) is 11.8 Å². The highest BCUT2D eigenvalue weighted by Gasteiger charge is 2.39. The molecule has 1 aromatic rings. The lowest BCUT2D eigenvalue weighted by atomic mass is 9.83. The molecule has 3 rings (SSSR count). The number of Topliss-reactive ketones (excluding diaryl/α,β-unsaturated/α-hetero) is 1. The van der Waals surface area contributed by atoms with Crippen LogP contribution in [0.15, 0.2) is 29.2 Å². The van der Waals surface area contributed by atoms with Gasteiger partial charge in [-0.25, -0.2) is 0 Å². The van der Waals surface area contributed by atoms with Crippen molar-refractivity contribution < 1.29 is 4.79 Å². The van der Waals surface area contributed by atoms with E-state index in [2.05, 4.69) is 6.07 Å². The van der Waals surface area contributed by atoms with Gasteiger partial charge in [0.1, 0.15) is 0 Å². The van der Waals surface area contributed by atoms with Crippen molar-refractivity contribution in [1.29, 1.82) is 0 Å². The molecule has 2 aliphatic rings. The Morgan fingerprint density at radius 1 is 1.06 bits per heavy atom. The summed E-state index contributed by atoms with van der Waals surface area (Å²) in [6.45, 7) is 0. The molecule has 0 radical (unpaired) electrons. The summed E-state index contributed by atoms with van der Waals surface area (Å²) in [7, 11) is 0. The highest BCUT2D eigenvalue weighted by molar-refractivity contribution is 8.01. The van der Waals surface area contributed by atoms with E-state index in [9.17, 15) is 4.79 Å². The van der Waals surface area contributed by atoms with Gasteiger partial charge in [-0.3, -0.25) is 4.79 Å². The Balaban J connectivity index is 1.96. The molecule has 1 fully saturated rings. The molecule has 0 N–H and O–H groups in total. The number of benzene rings is 1. The van der Waals surface area contributed by atoms with Crippen LogP contribution < -0.4 is 0 Å². The molecule has 1 saturated carbocycles. The molecule has 1 aliphatic carbocycles. The first kappa shape index (κ1) is 10.4. The maximum absolute atomic E-state index is 12.1. The van der Waals surface area contributed by atoms with Crippen molar-refractivity contribution in [2.75, 3.05) is 0 Å². The maximum atomic E-state index is 12.1. The van der Waals surface area contributed by atoms with Crippen LogP contribution in [-0.4, -0.2) is 10.5 Å². The van der Waals surface area contributed by atoms with Crippen LogP contribution in [0, 0.1) is 0 Å².